The van der Waals surface area contributed by atoms with Crippen LogP contribution in [0.15, 0.2) is 72.8 Å². The van der Waals surface area contributed by atoms with Gasteiger partial charge in [-0.2, -0.15) is 26.3 Å². The zero-order chi connectivity index (χ0) is 27.1. The van der Waals surface area contributed by atoms with E-state index in [-0.39, 0.29) is 36.5 Å². The zero-order valence-electron chi connectivity index (χ0n) is 19.0. The lowest BCUT2D eigenvalue weighted by Crippen LogP contribution is -2.57. The van der Waals surface area contributed by atoms with E-state index in [9.17, 15) is 39.9 Å². The Morgan fingerprint density at radius 3 is 1.89 bits per heavy atom. The van der Waals surface area contributed by atoms with Crippen LogP contribution in [0.5, 0.6) is 0 Å². The third kappa shape index (κ3) is 5.55. The van der Waals surface area contributed by atoms with Crippen molar-refractivity contribution in [3.8, 4) is 0 Å². The van der Waals surface area contributed by atoms with E-state index < -0.39 is 46.7 Å². The maximum Gasteiger partial charge on any atom is 0.416 e. The van der Waals surface area contributed by atoms with Gasteiger partial charge in [0.25, 0.3) is 0 Å². The summed E-state index contributed by atoms with van der Waals surface area (Å²) in [7, 11) is 0. The lowest BCUT2D eigenvalue weighted by molar-refractivity contribution is -0.162. The first-order valence-electron chi connectivity index (χ1n) is 11.1. The summed E-state index contributed by atoms with van der Waals surface area (Å²) < 4.78 is 110. The third-order valence-corrected chi connectivity index (χ3v) is 6.34. The molecule has 11 heteroatoms. The second-order valence-corrected chi connectivity index (χ2v) is 8.96. The molecule has 2 N–H and O–H groups in total. The van der Waals surface area contributed by atoms with Crippen LogP contribution in [0.4, 0.5) is 39.9 Å². The van der Waals surface area contributed by atoms with Crippen molar-refractivity contribution in [2.75, 3.05) is 0 Å². The summed E-state index contributed by atoms with van der Waals surface area (Å²) in [6.45, 7) is 0. The highest BCUT2D eigenvalue weighted by Gasteiger charge is 2.64. The summed E-state index contributed by atoms with van der Waals surface area (Å²) in [6, 6.07) is 12.7. The molecule has 0 aromatic heterocycles. The molecule has 1 aliphatic carbocycles. The molecule has 4 rings (SSSR count). The monoisotopic (exact) mass is 528 g/mol. The van der Waals surface area contributed by atoms with Crippen LogP contribution in [0.1, 0.15) is 35.1 Å². The van der Waals surface area contributed by atoms with Gasteiger partial charge >= 0.3 is 18.4 Å². The first-order valence-corrected chi connectivity index (χ1v) is 11.1. The summed E-state index contributed by atoms with van der Waals surface area (Å²) in [5.41, 5.74) is -5.74. The summed E-state index contributed by atoms with van der Waals surface area (Å²) in [5.74, 6) is -1.98. The molecule has 0 bridgehead atoms. The molecule has 0 spiro atoms. The van der Waals surface area contributed by atoms with E-state index in [1.54, 1.807) is 30.3 Å². The van der Waals surface area contributed by atoms with E-state index in [0.29, 0.717) is 11.6 Å². The standard InChI is InChI=1S/C26H20F8N2O/c27-20-8-6-17(7-9-20)24(15-16-4-2-1-3-5-16,18-12-19(25(29,30)31)14-21(28)13-18)36-22(37)35-23(10-11-23)26(32,33)34/h1-9,12-14H,10-11,15H2,(H2,35,36,37)/t24-/m1/s1. The van der Waals surface area contributed by atoms with Crippen LogP contribution in [0, 0.1) is 11.6 Å². The molecule has 2 amide bonds. The summed E-state index contributed by atoms with van der Waals surface area (Å²) >= 11 is 0. The Morgan fingerprint density at radius 2 is 1.35 bits per heavy atom. The highest BCUT2D eigenvalue weighted by Crippen LogP contribution is 2.49. The number of rotatable bonds is 6. The van der Waals surface area contributed by atoms with Crippen molar-refractivity contribution in [3.05, 3.63) is 107 Å². The van der Waals surface area contributed by atoms with Gasteiger partial charge in [0.05, 0.1) is 11.1 Å². The molecule has 0 aliphatic heterocycles. The Labute approximate surface area is 206 Å². The van der Waals surface area contributed by atoms with Crippen molar-refractivity contribution in [2.45, 2.75) is 42.7 Å². The number of amides is 2. The minimum atomic E-state index is -4.96. The van der Waals surface area contributed by atoms with Gasteiger partial charge in [-0.15, -0.1) is 0 Å². The van der Waals surface area contributed by atoms with Crippen LogP contribution in [0.2, 0.25) is 0 Å². The Kier molecular flexibility index (Phi) is 6.68. The van der Waals surface area contributed by atoms with Gasteiger partial charge < -0.3 is 10.6 Å². The van der Waals surface area contributed by atoms with E-state index in [2.05, 4.69) is 5.32 Å². The van der Waals surface area contributed by atoms with E-state index >= 15 is 0 Å². The maximum absolute atomic E-state index is 14.5. The Hall–Kier alpha value is -3.63. The fourth-order valence-electron chi connectivity index (χ4n) is 4.24. The van der Waals surface area contributed by atoms with Gasteiger partial charge in [-0.25, -0.2) is 13.6 Å². The van der Waals surface area contributed by atoms with Gasteiger partial charge in [0, 0.05) is 6.42 Å². The lowest BCUT2D eigenvalue weighted by atomic mass is 9.77. The minimum Gasteiger partial charge on any atom is -0.324 e. The van der Waals surface area contributed by atoms with Crippen LogP contribution in [-0.2, 0) is 18.1 Å². The number of carbonyl (C=O) groups is 1. The molecule has 0 saturated heterocycles. The molecule has 3 aromatic carbocycles. The van der Waals surface area contributed by atoms with Gasteiger partial charge in [0.2, 0.25) is 0 Å². The third-order valence-electron chi connectivity index (χ3n) is 6.34. The summed E-state index contributed by atoms with van der Waals surface area (Å²) in [5, 5.41) is 4.29. The van der Waals surface area contributed by atoms with E-state index in [1.165, 1.54) is 12.1 Å². The average molecular weight is 528 g/mol. The van der Waals surface area contributed by atoms with Crippen molar-refractivity contribution >= 4 is 6.03 Å². The van der Waals surface area contributed by atoms with E-state index in [0.717, 1.165) is 18.2 Å². The van der Waals surface area contributed by atoms with Crippen molar-refractivity contribution in [1.29, 1.82) is 0 Å². The quantitative estimate of drug-likeness (QED) is 0.337. The average Bonchev–Trinajstić information content (AvgIpc) is 3.59. The lowest BCUT2D eigenvalue weighted by Gasteiger charge is -2.37. The van der Waals surface area contributed by atoms with Gasteiger partial charge in [-0.3, -0.25) is 0 Å². The van der Waals surface area contributed by atoms with E-state index in [1.807, 2.05) is 5.32 Å². The molecule has 1 aliphatic rings. The molecular weight excluding hydrogens is 508 g/mol. The highest BCUT2D eigenvalue weighted by atomic mass is 19.4. The molecule has 3 aromatic rings. The number of hydrogen-bond acceptors (Lipinski definition) is 1. The largest absolute Gasteiger partial charge is 0.416 e. The van der Waals surface area contributed by atoms with Crippen LogP contribution >= 0.6 is 0 Å². The Balaban J connectivity index is 1.90. The first kappa shape index (κ1) is 26.4. The van der Waals surface area contributed by atoms with E-state index in [4.69, 9.17) is 0 Å². The minimum absolute atomic E-state index is 0.0310. The maximum atomic E-state index is 14.5. The van der Waals surface area contributed by atoms with Gasteiger partial charge in [-0.05, 0) is 59.9 Å². The number of carbonyl (C=O) groups excluding carboxylic acids is 1. The molecule has 196 valence electrons. The van der Waals surface area contributed by atoms with Gasteiger partial charge in [0.1, 0.15) is 17.2 Å². The van der Waals surface area contributed by atoms with Crippen LogP contribution in [-0.4, -0.2) is 17.7 Å². The number of nitrogens with one attached hydrogen (secondary N) is 2. The second-order valence-electron chi connectivity index (χ2n) is 8.96. The van der Waals surface area contributed by atoms with Crippen molar-refractivity contribution in [1.82, 2.24) is 10.6 Å². The molecule has 0 unspecified atom stereocenters. The highest BCUT2D eigenvalue weighted by molar-refractivity contribution is 5.77. The summed E-state index contributed by atoms with van der Waals surface area (Å²) in [6.07, 6.45) is -10.7. The normalized spacial score (nSPS) is 16.5. The topological polar surface area (TPSA) is 41.1 Å². The molecule has 1 atom stereocenters. The second kappa shape index (κ2) is 9.35. The van der Waals surface area contributed by atoms with Gasteiger partial charge in [-0.1, -0.05) is 42.5 Å². The number of hydrogen-bond donors (Lipinski definition) is 2. The Bertz CT molecular complexity index is 1270. The van der Waals surface area contributed by atoms with Crippen LogP contribution < -0.4 is 10.6 Å². The number of alkyl halides is 6. The fourth-order valence-corrected chi connectivity index (χ4v) is 4.24. The van der Waals surface area contributed by atoms with Crippen molar-refractivity contribution in [3.63, 3.8) is 0 Å². The number of urea groups is 1. The molecule has 3 nitrogen and oxygen atoms in total. The fraction of sp³-hybridized carbons (Fsp3) is 0.269. The molecule has 0 heterocycles. The molecule has 0 radical (unpaired) electrons. The molecular formula is C26H20F8N2O. The predicted molar refractivity (Wildman–Crippen MR) is 118 cm³/mol. The van der Waals surface area contributed by atoms with Crippen LogP contribution in [0.3, 0.4) is 0 Å². The molecule has 1 fully saturated rings. The Morgan fingerprint density at radius 1 is 0.757 bits per heavy atom. The predicted octanol–water partition coefficient (Wildman–Crippen LogP) is 6.86. The van der Waals surface area contributed by atoms with Crippen molar-refractivity contribution < 1.29 is 39.9 Å². The number of halogens is 8. The number of benzene rings is 3. The van der Waals surface area contributed by atoms with Gasteiger partial charge in [0.15, 0.2) is 0 Å². The SMILES string of the molecule is O=C(NC1(C(F)(F)F)CC1)N[C@](Cc1ccccc1)(c1ccc(F)cc1)c1cc(F)cc(C(F)(F)F)c1. The zero-order valence-corrected chi connectivity index (χ0v) is 19.0. The molecule has 37 heavy (non-hydrogen) atoms. The first-order chi connectivity index (χ1) is 17.2. The summed E-state index contributed by atoms with van der Waals surface area (Å²) in [4.78, 5) is 13.0. The van der Waals surface area contributed by atoms with Crippen molar-refractivity contribution in [2.24, 2.45) is 0 Å². The smallest absolute Gasteiger partial charge is 0.324 e. The molecule has 1 saturated carbocycles. The van der Waals surface area contributed by atoms with Crippen LogP contribution in [0.25, 0.3) is 0 Å².